The Bertz CT molecular complexity index is 1770. The Morgan fingerprint density at radius 3 is 2.46 bits per heavy atom. The van der Waals surface area contributed by atoms with Crippen LogP contribution < -0.4 is 20.5 Å². The SMILES string of the molecule is O=S(=O)(c1ccc(OC(F)(F)F)cc1)C1C=c2c(ccc3c2=CCc2ccccc2-3)C(C2=CC=CC=CN2)C1. The van der Waals surface area contributed by atoms with Crippen LogP contribution in [0.25, 0.3) is 23.3 Å². The third-order valence-corrected chi connectivity index (χ3v) is 9.41. The molecule has 2 atom stereocenters. The molecule has 1 heterocycles. The lowest BCUT2D eigenvalue weighted by Crippen LogP contribution is -2.41. The minimum absolute atomic E-state index is 0.0535. The van der Waals surface area contributed by atoms with E-state index in [2.05, 4.69) is 40.4 Å². The van der Waals surface area contributed by atoms with E-state index in [1.54, 1.807) is 0 Å². The lowest BCUT2D eigenvalue weighted by molar-refractivity contribution is -0.274. The number of allylic oxidation sites excluding steroid dienone is 5. The van der Waals surface area contributed by atoms with Crippen LogP contribution in [-0.2, 0) is 16.3 Å². The number of fused-ring (bicyclic) bond motifs is 5. The van der Waals surface area contributed by atoms with Gasteiger partial charge in [0, 0.05) is 17.8 Å². The summed E-state index contributed by atoms with van der Waals surface area (Å²) in [5, 5.41) is 4.30. The van der Waals surface area contributed by atoms with Gasteiger partial charge in [0.05, 0.1) is 10.1 Å². The van der Waals surface area contributed by atoms with E-state index in [1.807, 2.05) is 48.7 Å². The van der Waals surface area contributed by atoms with Gasteiger partial charge in [0.2, 0.25) is 0 Å². The monoisotopic (exact) mass is 547 g/mol. The Labute approximate surface area is 224 Å². The Balaban J connectivity index is 1.49. The number of hydrogen-bond acceptors (Lipinski definition) is 4. The molecule has 0 radical (unpaired) electrons. The van der Waals surface area contributed by atoms with Crippen LogP contribution >= 0.6 is 0 Å². The molecular formula is C31H24F3NO3S. The molecule has 8 heteroatoms. The molecule has 2 aliphatic carbocycles. The van der Waals surface area contributed by atoms with Crippen LogP contribution in [0.2, 0.25) is 0 Å². The molecule has 3 aliphatic rings. The van der Waals surface area contributed by atoms with E-state index in [0.29, 0.717) is 0 Å². The van der Waals surface area contributed by atoms with Gasteiger partial charge in [-0.25, -0.2) is 8.42 Å². The predicted octanol–water partition coefficient (Wildman–Crippen LogP) is 5.26. The third-order valence-electron chi connectivity index (χ3n) is 7.35. The van der Waals surface area contributed by atoms with E-state index in [9.17, 15) is 21.6 Å². The first kappa shape index (κ1) is 25.2. The van der Waals surface area contributed by atoms with Crippen LogP contribution in [0.4, 0.5) is 13.2 Å². The standard InChI is InChI=1S/C31H24F3NO3S/c32-31(33,34)38-21-10-12-22(13-11-21)39(36,37)23-18-28-26-14-9-20-6-3-4-7-24(20)25(26)15-16-27(28)29(19-23)30-8-2-1-5-17-35-30/h1-8,10-18,23,29,35H,9,19H2. The molecular weight excluding hydrogens is 523 g/mol. The molecule has 0 spiro atoms. The number of sulfone groups is 1. The van der Waals surface area contributed by atoms with Crippen molar-refractivity contribution in [3.05, 3.63) is 118 Å². The second kappa shape index (κ2) is 9.61. The average Bonchev–Trinajstić information content (AvgIpc) is 3.21. The van der Waals surface area contributed by atoms with Gasteiger partial charge in [-0.15, -0.1) is 13.2 Å². The molecule has 0 saturated carbocycles. The normalized spacial score (nSPS) is 19.7. The summed E-state index contributed by atoms with van der Waals surface area (Å²) in [6.07, 6.45) is 9.57. The molecule has 1 aliphatic heterocycles. The van der Waals surface area contributed by atoms with Crippen molar-refractivity contribution in [2.75, 3.05) is 0 Å². The van der Waals surface area contributed by atoms with Crippen LogP contribution in [0.1, 0.15) is 23.5 Å². The zero-order chi connectivity index (χ0) is 27.2. The number of nitrogens with one attached hydrogen (secondary N) is 1. The summed E-state index contributed by atoms with van der Waals surface area (Å²) < 4.78 is 69.5. The summed E-state index contributed by atoms with van der Waals surface area (Å²) >= 11 is 0. The number of alkyl halides is 3. The van der Waals surface area contributed by atoms with Crippen LogP contribution in [0, 0.1) is 0 Å². The molecule has 198 valence electrons. The van der Waals surface area contributed by atoms with Crippen LogP contribution in [0.3, 0.4) is 0 Å². The van der Waals surface area contributed by atoms with Crippen molar-refractivity contribution in [1.82, 2.24) is 5.32 Å². The van der Waals surface area contributed by atoms with Crippen molar-refractivity contribution >= 4 is 22.0 Å². The molecule has 39 heavy (non-hydrogen) atoms. The summed E-state index contributed by atoms with van der Waals surface area (Å²) in [5.74, 6) is -0.702. The minimum Gasteiger partial charge on any atom is -0.406 e. The van der Waals surface area contributed by atoms with Gasteiger partial charge in [0.1, 0.15) is 5.75 Å². The van der Waals surface area contributed by atoms with Gasteiger partial charge in [-0.05, 0) is 82.0 Å². The van der Waals surface area contributed by atoms with Gasteiger partial charge in [-0.2, -0.15) is 0 Å². The summed E-state index contributed by atoms with van der Waals surface area (Å²) in [5.41, 5.74) is 5.31. The van der Waals surface area contributed by atoms with Crippen molar-refractivity contribution in [2.45, 2.75) is 35.3 Å². The van der Waals surface area contributed by atoms with E-state index in [4.69, 9.17) is 0 Å². The zero-order valence-corrected chi connectivity index (χ0v) is 21.5. The zero-order valence-electron chi connectivity index (χ0n) is 20.7. The number of hydrogen-bond donors (Lipinski definition) is 1. The fourth-order valence-corrected chi connectivity index (χ4v) is 7.21. The minimum atomic E-state index is -4.86. The maximum absolute atomic E-state index is 13.9. The molecule has 0 aromatic heterocycles. The highest BCUT2D eigenvalue weighted by molar-refractivity contribution is 7.92. The van der Waals surface area contributed by atoms with Gasteiger partial charge >= 0.3 is 6.36 Å². The topological polar surface area (TPSA) is 55.4 Å². The second-order valence-corrected chi connectivity index (χ2v) is 11.8. The van der Waals surface area contributed by atoms with Gasteiger partial charge < -0.3 is 10.1 Å². The summed E-state index contributed by atoms with van der Waals surface area (Å²) in [4.78, 5) is -0.0535. The van der Waals surface area contributed by atoms with Crippen molar-refractivity contribution < 1.29 is 26.3 Å². The van der Waals surface area contributed by atoms with Gasteiger partial charge in [-0.1, -0.05) is 60.7 Å². The number of rotatable bonds is 4. The molecule has 0 bridgehead atoms. The predicted molar refractivity (Wildman–Crippen MR) is 145 cm³/mol. The highest BCUT2D eigenvalue weighted by Crippen LogP contribution is 2.36. The maximum Gasteiger partial charge on any atom is 0.573 e. The first-order chi connectivity index (χ1) is 18.7. The van der Waals surface area contributed by atoms with Crippen molar-refractivity contribution in [3.63, 3.8) is 0 Å². The van der Waals surface area contributed by atoms with E-state index < -0.39 is 27.2 Å². The molecule has 0 saturated heterocycles. The largest absolute Gasteiger partial charge is 0.573 e. The summed E-state index contributed by atoms with van der Waals surface area (Å²) in [6, 6.07) is 16.8. The Hall–Kier alpha value is -4.04. The van der Waals surface area contributed by atoms with Crippen molar-refractivity contribution in [1.29, 1.82) is 0 Å². The molecule has 3 aromatic rings. The lowest BCUT2D eigenvalue weighted by atomic mass is 9.81. The van der Waals surface area contributed by atoms with Crippen LogP contribution in [0.15, 0.2) is 102 Å². The number of benzene rings is 3. The quantitative estimate of drug-likeness (QED) is 0.485. The highest BCUT2D eigenvalue weighted by Gasteiger charge is 2.35. The van der Waals surface area contributed by atoms with Crippen LogP contribution in [-0.4, -0.2) is 20.0 Å². The highest BCUT2D eigenvalue weighted by atomic mass is 32.2. The fourth-order valence-electron chi connectivity index (χ4n) is 5.59. The van der Waals surface area contributed by atoms with Gasteiger partial charge in [-0.3, -0.25) is 0 Å². The van der Waals surface area contributed by atoms with E-state index in [1.165, 1.54) is 17.7 Å². The molecule has 0 fully saturated rings. The number of ether oxygens (including phenoxy) is 1. The third kappa shape index (κ3) is 4.81. The molecule has 4 nitrogen and oxygen atoms in total. The van der Waals surface area contributed by atoms with Gasteiger partial charge in [0.15, 0.2) is 9.84 Å². The van der Waals surface area contributed by atoms with Crippen molar-refractivity contribution in [2.24, 2.45) is 0 Å². The number of halogens is 3. The molecule has 0 amide bonds. The second-order valence-electron chi connectivity index (χ2n) is 9.66. The van der Waals surface area contributed by atoms with Crippen LogP contribution in [0.5, 0.6) is 5.75 Å². The van der Waals surface area contributed by atoms with E-state index in [-0.39, 0.29) is 17.2 Å². The molecule has 1 N–H and O–H groups in total. The average molecular weight is 548 g/mol. The fraction of sp³-hybridized carbons (Fsp3) is 0.161. The summed E-state index contributed by atoms with van der Waals surface area (Å²) in [6.45, 7) is 0. The Morgan fingerprint density at radius 1 is 0.872 bits per heavy atom. The maximum atomic E-state index is 13.9. The molecule has 2 unspecified atom stereocenters. The first-order valence-electron chi connectivity index (χ1n) is 12.5. The first-order valence-corrected chi connectivity index (χ1v) is 14.1. The molecule has 3 aromatic carbocycles. The lowest BCUT2D eigenvalue weighted by Gasteiger charge is -2.30. The Kier molecular flexibility index (Phi) is 6.22. The van der Waals surface area contributed by atoms with Gasteiger partial charge in [0.25, 0.3) is 0 Å². The molecule has 6 rings (SSSR count). The summed E-state index contributed by atoms with van der Waals surface area (Å²) in [7, 11) is -3.93. The van der Waals surface area contributed by atoms with Crippen molar-refractivity contribution in [3.8, 4) is 16.9 Å². The Morgan fingerprint density at radius 2 is 1.67 bits per heavy atom. The van der Waals surface area contributed by atoms with E-state index >= 15 is 0 Å². The smallest absolute Gasteiger partial charge is 0.406 e. The van der Waals surface area contributed by atoms with E-state index in [0.717, 1.165) is 51.4 Å².